The monoisotopic (exact) mass is 304 g/mol. The van der Waals surface area contributed by atoms with E-state index >= 15 is 0 Å². The highest BCUT2D eigenvalue weighted by atomic mass is 19.4. The van der Waals surface area contributed by atoms with Crippen LogP contribution in [0.25, 0.3) is 0 Å². The molecular weight excluding hydrogens is 285 g/mol. The van der Waals surface area contributed by atoms with E-state index in [4.69, 9.17) is 4.74 Å². The van der Waals surface area contributed by atoms with Gasteiger partial charge in [-0.3, -0.25) is 4.99 Å². The zero-order valence-electron chi connectivity index (χ0n) is 12.0. The van der Waals surface area contributed by atoms with Gasteiger partial charge in [-0.15, -0.1) is 0 Å². The Labute approximate surface area is 121 Å². The zero-order chi connectivity index (χ0) is 15.7. The Bertz CT molecular complexity index is 446. The highest BCUT2D eigenvalue weighted by Gasteiger charge is 2.30. The summed E-state index contributed by atoms with van der Waals surface area (Å²) in [6.45, 7) is 3.58. The van der Waals surface area contributed by atoms with Crippen molar-refractivity contribution in [1.82, 2.24) is 15.6 Å². The van der Waals surface area contributed by atoms with E-state index in [9.17, 15) is 13.2 Å². The van der Waals surface area contributed by atoms with E-state index < -0.39 is 11.7 Å². The molecule has 1 aromatic rings. The SMILES string of the molecule is CCCNC(=NC)NCCOc1ccc(C(F)(F)F)cn1. The first-order valence-corrected chi connectivity index (χ1v) is 6.58. The summed E-state index contributed by atoms with van der Waals surface area (Å²) in [5.41, 5.74) is -0.794. The molecule has 5 nitrogen and oxygen atoms in total. The van der Waals surface area contributed by atoms with Crippen molar-refractivity contribution in [2.45, 2.75) is 19.5 Å². The van der Waals surface area contributed by atoms with Gasteiger partial charge in [0, 0.05) is 25.9 Å². The van der Waals surface area contributed by atoms with Crippen molar-refractivity contribution in [2.75, 3.05) is 26.7 Å². The third-order valence-corrected chi connectivity index (χ3v) is 2.47. The fourth-order valence-corrected chi connectivity index (χ4v) is 1.42. The van der Waals surface area contributed by atoms with Crippen molar-refractivity contribution in [3.8, 4) is 5.88 Å². The van der Waals surface area contributed by atoms with Crippen molar-refractivity contribution in [2.24, 2.45) is 4.99 Å². The second kappa shape index (κ2) is 8.33. The van der Waals surface area contributed by atoms with Gasteiger partial charge >= 0.3 is 6.18 Å². The van der Waals surface area contributed by atoms with Crippen LogP contribution in [0.1, 0.15) is 18.9 Å². The van der Waals surface area contributed by atoms with Crippen LogP contribution in [0.5, 0.6) is 5.88 Å². The number of nitrogens with zero attached hydrogens (tertiary/aromatic N) is 2. The quantitative estimate of drug-likeness (QED) is 0.480. The topological polar surface area (TPSA) is 58.5 Å². The summed E-state index contributed by atoms with van der Waals surface area (Å²) in [5, 5.41) is 6.10. The molecule has 0 saturated heterocycles. The molecular formula is C13H19F3N4O. The van der Waals surface area contributed by atoms with Gasteiger partial charge in [-0.25, -0.2) is 4.98 Å². The Morgan fingerprint density at radius 1 is 1.29 bits per heavy atom. The first-order chi connectivity index (χ1) is 9.97. The van der Waals surface area contributed by atoms with Gasteiger partial charge in [0.05, 0.1) is 12.1 Å². The van der Waals surface area contributed by atoms with Crippen molar-refractivity contribution in [3.63, 3.8) is 0 Å². The minimum absolute atomic E-state index is 0.154. The summed E-state index contributed by atoms with van der Waals surface area (Å²) in [5.74, 6) is 0.808. The largest absolute Gasteiger partial charge is 0.476 e. The van der Waals surface area contributed by atoms with Crippen molar-refractivity contribution in [1.29, 1.82) is 0 Å². The van der Waals surface area contributed by atoms with Gasteiger partial charge in [0.1, 0.15) is 6.61 Å². The van der Waals surface area contributed by atoms with Crippen LogP contribution in [0.3, 0.4) is 0 Å². The predicted molar refractivity (Wildman–Crippen MR) is 74.4 cm³/mol. The van der Waals surface area contributed by atoms with E-state index in [2.05, 4.69) is 20.6 Å². The maximum atomic E-state index is 12.3. The van der Waals surface area contributed by atoms with Gasteiger partial charge in [0.25, 0.3) is 0 Å². The summed E-state index contributed by atoms with van der Waals surface area (Å²) in [7, 11) is 1.66. The Morgan fingerprint density at radius 2 is 2.00 bits per heavy atom. The number of halogens is 3. The van der Waals surface area contributed by atoms with Gasteiger partial charge in [-0.2, -0.15) is 13.2 Å². The van der Waals surface area contributed by atoms with Gasteiger partial charge in [0.15, 0.2) is 5.96 Å². The van der Waals surface area contributed by atoms with Crippen LogP contribution in [0, 0.1) is 0 Å². The van der Waals surface area contributed by atoms with Gasteiger partial charge in [0.2, 0.25) is 5.88 Å². The lowest BCUT2D eigenvalue weighted by Crippen LogP contribution is -2.39. The molecule has 0 amide bonds. The van der Waals surface area contributed by atoms with Crippen LogP contribution in [0.15, 0.2) is 23.3 Å². The summed E-state index contributed by atoms with van der Waals surface area (Å²) in [4.78, 5) is 7.62. The summed E-state index contributed by atoms with van der Waals surface area (Å²) in [6, 6.07) is 2.14. The lowest BCUT2D eigenvalue weighted by atomic mass is 10.3. The number of nitrogens with one attached hydrogen (secondary N) is 2. The maximum absolute atomic E-state index is 12.3. The van der Waals surface area contributed by atoms with Gasteiger partial charge < -0.3 is 15.4 Å². The summed E-state index contributed by atoms with van der Waals surface area (Å²) in [6.07, 6.45) is -2.65. The molecule has 0 atom stereocenters. The highest BCUT2D eigenvalue weighted by molar-refractivity contribution is 5.79. The standard InChI is InChI=1S/C13H19F3N4O/c1-3-6-18-12(17-2)19-7-8-21-11-5-4-10(9-20-11)13(14,15)16/h4-5,9H,3,6-8H2,1-2H3,(H2,17,18,19). The van der Waals surface area contributed by atoms with Crippen LogP contribution in [0.4, 0.5) is 13.2 Å². The Hall–Kier alpha value is -1.99. The zero-order valence-corrected chi connectivity index (χ0v) is 12.0. The minimum Gasteiger partial charge on any atom is -0.476 e. The van der Waals surface area contributed by atoms with E-state index in [1.54, 1.807) is 7.05 Å². The molecule has 0 radical (unpaired) electrons. The fraction of sp³-hybridized carbons (Fsp3) is 0.538. The molecule has 0 spiro atoms. The van der Waals surface area contributed by atoms with E-state index in [1.807, 2.05) is 6.92 Å². The number of hydrogen-bond acceptors (Lipinski definition) is 3. The summed E-state index contributed by atoms with van der Waals surface area (Å²) >= 11 is 0. The number of aromatic nitrogens is 1. The first-order valence-electron chi connectivity index (χ1n) is 6.58. The van der Waals surface area contributed by atoms with Gasteiger partial charge in [-0.1, -0.05) is 6.92 Å². The Balaban J connectivity index is 2.33. The van der Waals surface area contributed by atoms with Gasteiger partial charge in [-0.05, 0) is 12.5 Å². The lowest BCUT2D eigenvalue weighted by molar-refractivity contribution is -0.137. The van der Waals surface area contributed by atoms with E-state index in [-0.39, 0.29) is 12.5 Å². The first kappa shape index (κ1) is 17.1. The number of rotatable bonds is 6. The third kappa shape index (κ3) is 6.33. The molecule has 0 unspecified atom stereocenters. The molecule has 8 heteroatoms. The minimum atomic E-state index is -4.38. The number of ether oxygens (including phenoxy) is 1. The molecule has 21 heavy (non-hydrogen) atoms. The number of pyridine rings is 1. The molecule has 0 aliphatic carbocycles. The maximum Gasteiger partial charge on any atom is 0.417 e. The molecule has 0 aromatic carbocycles. The predicted octanol–water partition coefficient (Wildman–Crippen LogP) is 2.05. The van der Waals surface area contributed by atoms with Crippen molar-refractivity contribution < 1.29 is 17.9 Å². The molecule has 0 aliphatic heterocycles. The van der Waals surface area contributed by atoms with E-state index in [0.29, 0.717) is 12.5 Å². The molecule has 1 rings (SSSR count). The molecule has 1 heterocycles. The number of hydrogen-bond donors (Lipinski definition) is 2. The smallest absolute Gasteiger partial charge is 0.417 e. The average molecular weight is 304 g/mol. The third-order valence-electron chi connectivity index (χ3n) is 2.47. The second-order valence-corrected chi connectivity index (χ2v) is 4.16. The lowest BCUT2D eigenvalue weighted by Gasteiger charge is -2.12. The van der Waals surface area contributed by atoms with Crippen LogP contribution in [-0.4, -0.2) is 37.7 Å². The van der Waals surface area contributed by atoms with Crippen LogP contribution in [-0.2, 0) is 6.18 Å². The number of alkyl halides is 3. The normalized spacial score (nSPS) is 12.1. The Kier molecular flexibility index (Phi) is 6.77. The molecule has 0 fully saturated rings. The van der Waals surface area contributed by atoms with Crippen molar-refractivity contribution >= 4 is 5.96 Å². The van der Waals surface area contributed by atoms with Crippen LogP contribution >= 0.6 is 0 Å². The van der Waals surface area contributed by atoms with Crippen molar-refractivity contribution in [3.05, 3.63) is 23.9 Å². The van der Waals surface area contributed by atoms with E-state index in [0.717, 1.165) is 25.2 Å². The Morgan fingerprint density at radius 3 is 2.52 bits per heavy atom. The molecule has 0 saturated carbocycles. The number of guanidine groups is 1. The molecule has 2 N–H and O–H groups in total. The van der Waals surface area contributed by atoms with E-state index in [1.165, 1.54) is 6.07 Å². The highest BCUT2D eigenvalue weighted by Crippen LogP contribution is 2.29. The molecule has 0 bridgehead atoms. The second-order valence-electron chi connectivity index (χ2n) is 4.16. The molecule has 0 aliphatic rings. The average Bonchev–Trinajstić information content (AvgIpc) is 2.46. The number of aliphatic imine (C=N–C) groups is 1. The summed E-state index contributed by atoms with van der Waals surface area (Å²) < 4.78 is 42.3. The fourth-order valence-electron chi connectivity index (χ4n) is 1.42. The molecule has 118 valence electrons. The van der Waals surface area contributed by atoms with Crippen LogP contribution in [0.2, 0.25) is 0 Å². The molecule has 1 aromatic heterocycles. The van der Waals surface area contributed by atoms with Crippen LogP contribution < -0.4 is 15.4 Å².